The topological polar surface area (TPSA) is 49.8 Å². The Morgan fingerprint density at radius 2 is 1.85 bits per heavy atom. The summed E-state index contributed by atoms with van der Waals surface area (Å²) >= 11 is 3.96. The third-order valence-electron chi connectivity index (χ3n) is 2.42. The third kappa shape index (κ3) is 2.76. The molecule has 0 unspecified atom stereocenters. The van der Waals surface area contributed by atoms with Crippen LogP contribution in [0.4, 0.5) is 18.9 Å². The molecular weight excluding hydrogens is 353 g/mol. The molecule has 0 saturated carbocycles. The van der Waals surface area contributed by atoms with E-state index in [1.165, 1.54) is 18.2 Å². The molecule has 2 N–H and O–H groups in total. The van der Waals surface area contributed by atoms with Crippen LogP contribution in [0.25, 0.3) is 0 Å². The Bertz CT molecular complexity index is 729. The molecule has 0 aliphatic carbocycles. The first-order valence-corrected chi connectivity index (χ1v) is 6.85. The minimum absolute atomic E-state index is 0.0211. The van der Waals surface area contributed by atoms with Crippen LogP contribution in [0.1, 0.15) is 5.56 Å². The summed E-state index contributed by atoms with van der Waals surface area (Å²) in [5.41, 5.74) is 4.83. The molecule has 2 aromatic rings. The van der Waals surface area contributed by atoms with E-state index in [-0.39, 0.29) is 20.6 Å². The van der Waals surface area contributed by atoms with E-state index < -0.39 is 17.5 Å². The van der Waals surface area contributed by atoms with Crippen LogP contribution < -0.4 is 5.73 Å². The summed E-state index contributed by atoms with van der Waals surface area (Å²) in [4.78, 5) is 0.388. The van der Waals surface area contributed by atoms with Gasteiger partial charge in [0.15, 0.2) is 11.6 Å². The normalized spacial score (nSPS) is 10.3. The molecule has 0 aromatic heterocycles. The van der Waals surface area contributed by atoms with Crippen LogP contribution in [0.3, 0.4) is 0 Å². The van der Waals surface area contributed by atoms with Gasteiger partial charge in [-0.05, 0) is 40.2 Å². The van der Waals surface area contributed by atoms with Gasteiger partial charge in [-0.1, -0.05) is 11.8 Å². The summed E-state index contributed by atoms with van der Waals surface area (Å²) in [5.74, 6) is -2.90. The summed E-state index contributed by atoms with van der Waals surface area (Å²) in [6, 6.07) is 6.67. The maximum absolute atomic E-state index is 13.8. The lowest BCUT2D eigenvalue weighted by atomic mass is 10.2. The van der Waals surface area contributed by atoms with Gasteiger partial charge in [-0.3, -0.25) is 0 Å². The van der Waals surface area contributed by atoms with Crippen molar-refractivity contribution in [3.05, 3.63) is 51.8 Å². The van der Waals surface area contributed by atoms with Gasteiger partial charge in [0.1, 0.15) is 11.9 Å². The zero-order valence-corrected chi connectivity index (χ0v) is 12.2. The van der Waals surface area contributed by atoms with E-state index in [0.717, 1.165) is 17.8 Å². The molecule has 7 heteroatoms. The smallest absolute Gasteiger partial charge is 0.182 e. The molecule has 2 nitrogen and oxygen atoms in total. The second-order valence-electron chi connectivity index (χ2n) is 3.76. The molecule has 0 bridgehead atoms. The Morgan fingerprint density at radius 3 is 2.50 bits per heavy atom. The van der Waals surface area contributed by atoms with Gasteiger partial charge in [-0.15, -0.1) is 0 Å². The zero-order valence-electron chi connectivity index (χ0n) is 9.75. The minimum Gasteiger partial charge on any atom is -0.396 e. The number of nitrogens with zero attached hydrogens (tertiary/aromatic N) is 1. The highest BCUT2D eigenvalue weighted by Crippen LogP contribution is 2.38. The Balaban J connectivity index is 2.46. The van der Waals surface area contributed by atoms with Gasteiger partial charge in [0.25, 0.3) is 0 Å². The molecule has 0 radical (unpaired) electrons. The van der Waals surface area contributed by atoms with Crippen LogP contribution in [0.2, 0.25) is 0 Å². The van der Waals surface area contributed by atoms with Crippen molar-refractivity contribution in [1.82, 2.24) is 0 Å². The fraction of sp³-hybridized carbons (Fsp3) is 0. The average Bonchev–Trinajstić information content (AvgIpc) is 2.43. The number of anilines is 1. The summed E-state index contributed by atoms with van der Waals surface area (Å²) in [7, 11) is 0. The van der Waals surface area contributed by atoms with Crippen molar-refractivity contribution in [2.75, 3.05) is 5.73 Å². The predicted octanol–water partition coefficient (Wildman–Crippen LogP) is 4.47. The number of nitrogens with two attached hydrogens (primary N) is 1. The Morgan fingerprint density at radius 1 is 1.15 bits per heavy atom. The maximum Gasteiger partial charge on any atom is 0.182 e. The molecule has 0 saturated heterocycles. The minimum atomic E-state index is -1.14. The van der Waals surface area contributed by atoms with Crippen LogP contribution in [0.5, 0.6) is 0 Å². The van der Waals surface area contributed by atoms with Crippen molar-refractivity contribution in [2.45, 2.75) is 9.79 Å². The van der Waals surface area contributed by atoms with Gasteiger partial charge in [-0.25, -0.2) is 13.2 Å². The fourth-order valence-electron chi connectivity index (χ4n) is 1.46. The monoisotopic (exact) mass is 358 g/mol. The number of halogens is 4. The number of hydrogen-bond acceptors (Lipinski definition) is 3. The first kappa shape index (κ1) is 14.8. The van der Waals surface area contributed by atoms with Crippen molar-refractivity contribution in [2.24, 2.45) is 0 Å². The van der Waals surface area contributed by atoms with Crippen molar-refractivity contribution in [1.29, 1.82) is 5.26 Å². The van der Waals surface area contributed by atoms with Gasteiger partial charge < -0.3 is 5.73 Å². The molecule has 0 spiro atoms. The largest absolute Gasteiger partial charge is 0.396 e. The van der Waals surface area contributed by atoms with Crippen LogP contribution in [-0.2, 0) is 0 Å². The average molecular weight is 359 g/mol. The van der Waals surface area contributed by atoms with E-state index in [0.29, 0.717) is 4.90 Å². The second kappa shape index (κ2) is 5.77. The fourth-order valence-corrected chi connectivity index (χ4v) is 3.01. The quantitative estimate of drug-likeness (QED) is 0.636. The highest BCUT2D eigenvalue weighted by molar-refractivity contribution is 9.10. The molecule has 102 valence electrons. The van der Waals surface area contributed by atoms with Crippen LogP contribution >= 0.6 is 27.7 Å². The van der Waals surface area contributed by atoms with Gasteiger partial charge in [-0.2, -0.15) is 5.26 Å². The van der Waals surface area contributed by atoms with E-state index in [9.17, 15) is 13.2 Å². The Kier molecular flexibility index (Phi) is 4.26. The number of rotatable bonds is 2. The first-order valence-electron chi connectivity index (χ1n) is 5.24. The van der Waals surface area contributed by atoms with E-state index in [1.54, 1.807) is 6.07 Å². The summed E-state index contributed by atoms with van der Waals surface area (Å²) in [6.07, 6.45) is 0. The first-order chi connectivity index (χ1) is 9.43. The van der Waals surface area contributed by atoms with Gasteiger partial charge in [0.05, 0.1) is 16.1 Å². The Hall–Kier alpha value is -1.65. The zero-order chi connectivity index (χ0) is 14.9. The number of hydrogen-bond donors (Lipinski definition) is 1. The molecule has 20 heavy (non-hydrogen) atoms. The molecule has 0 aliphatic rings. The van der Waals surface area contributed by atoms with Crippen molar-refractivity contribution in [3.63, 3.8) is 0 Å². The summed E-state index contributed by atoms with van der Waals surface area (Å²) in [6.45, 7) is 0. The van der Waals surface area contributed by atoms with Crippen molar-refractivity contribution in [3.8, 4) is 6.07 Å². The lowest BCUT2D eigenvalue weighted by Crippen LogP contribution is -1.97. The van der Waals surface area contributed by atoms with Crippen LogP contribution in [0, 0.1) is 28.8 Å². The molecule has 0 aliphatic heterocycles. The van der Waals surface area contributed by atoms with Gasteiger partial charge >= 0.3 is 0 Å². The molecule has 2 aromatic carbocycles. The van der Waals surface area contributed by atoms with E-state index in [2.05, 4.69) is 15.9 Å². The Labute approximate surface area is 125 Å². The van der Waals surface area contributed by atoms with Crippen molar-refractivity contribution < 1.29 is 13.2 Å². The number of nitriles is 1. The van der Waals surface area contributed by atoms with Crippen LogP contribution in [0.15, 0.2) is 38.5 Å². The van der Waals surface area contributed by atoms with Crippen LogP contribution in [-0.4, -0.2) is 0 Å². The number of benzene rings is 2. The molecule has 0 atom stereocenters. The molecule has 0 amide bonds. The molecular formula is C13H6BrF3N2S. The summed E-state index contributed by atoms with van der Waals surface area (Å²) < 4.78 is 40.7. The lowest BCUT2D eigenvalue weighted by Gasteiger charge is -2.09. The number of nitrogen functional groups attached to an aromatic ring is 1. The maximum atomic E-state index is 13.8. The van der Waals surface area contributed by atoms with Crippen molar-refractivity contribution >= 4 is 33.4 Å². The summed E-state index contributed by atoms with van der Waals surface area (Å²) in [5, 5.41) is 8.74. The standard InChI is InChI=1S/C13H6BrF3N2S/c14-8-4-10(19)11(16)12(17)13(8)20-7-1-2-9(15)6(3-7)5-18/h1-4H,19H2. The van der Waals surface area contributed by atoms with Gasteiger partial charge in [0, 0.05) is 9.37 Å². The SMILES string of the molecule is N#Cc1cc(Sc2c(Br)cc(N)c(F)c2F)ccc1F. The molecule has 0 heterocycles. The lowest BCUT2D eigenvalue weighted by molar-refractivity contribution is 0.493. The van der Waals surface area contributed by atoms with E-state index >= 15 is 0 Å². The molecule has 2 rings (SSSR count). The van der Waals surface area contributed by atoms with E-state index in [1.807, 2.05) is 0 Å². The molecule has 0 fully saturated rings. The predicted molar refractivity (Wildman–Crippen MR) is 73.7 cm³/mol. The second-order valence-corrected chi connectivity index (χ2v) is 5.70. The van der Waals surface area contributed by atoms with E-state index in [4.69, 9.17) is 11.0 Å². The highest BCUT2D eigenvalue weighted by Gasteiger charge is 2.17. The highest BCUT2D eigenvalue weighted by atomic mass is 79.9. The van der Waals surface area contributed by atoms with Gasteiger partial charge in [0.2, 0.25) is 0 Å². The third-order valence-corrected chi connectivity index (χ3v) is 4.40.